The van der Waals surface area contributed by atoms with E-state index in [0.717, 1.165) is 5.56 Å². The minimum Gasteiger partial charge on any atom is -0.510 e. The number of methoxy groups -OCH3 is 1. The monoisotopic (exact) mass is 623 g/mol. The number of nitrogens with two attached hydrogens (primary N) is 1. The number of anilines is 1. The van der Waals surface area contributed by atoms with Gasteiger partial charge in [0.15, 0.2) is 11.6 Å². The first-order chi connectivity index (χ1) is 21.9. The standard InChI is InChI=1S/C35H33N3O8/c1-38(2)29-23-15-18-14-22-21(16-4-8-19(9-5-16)37-35(45)17-6-10-20(46-3)11-7-17)12-13-24(39)26(22)30(40)25(18)31(41)27(23)32(42)28(33(29)43)34(36)44/h4-13,18,23,27,29,39-40,43H,14-15H2,1-3H3,(H2,36,44)(H,37,45). The van der Waals surface area contributed by atoms with Gasteiger partial charge in [-0.15, -0.1) is 0 Å². The van der Waals surface area contributed by atoms with Gasteiger partial charge in [0.2, 0.25) is 0 Å². The molecule has 1 fully saturated rings. The molecule has 4 unspecified atom stereocenters. The van der Waals surface area contributed by atoms with Gasteiger partial charge >= 0.3 is 0 Å². The Kier molecular flexibility index (Phi) is 7.65. The normalized spacial score (nSPS) is 22.3. The number of allylic oxidation sites excluding steroid dienone is 1. The number of rotatable bonds is 6. The maximum atomic E-state index is 14.0. The third-order valence-electron chi connectivity index (χ3n) is 9.25. The summed E-state index contributed by atoms with van der Waals surface area (Å²) in [4.78, 5) is 53.9. The highest BCUT2D eigenvalue weighted by Gasteiger charge is 2.55. The van der Waals surface area contributed by atoms with Crippen LogP contribution in [0.15, 0.2) is 77.6 Å². The Balaban J connectivity index is 1.34. The zero-order valence-electron chi connectivity index (χ0n) is 25.4. The second-order valence-electron chi connectivity index (χ2n) is 12.0. The molecule has 2 amide bonds. The molecule has 3 aromatic rings. The van der Waals surface area contributed by atoms with Crippen molar-refractivity contribution in [3.63, 3.8) is 0 Å². The number of nitrogens with one attached hydrogen (secondary N) is 1. The Bertz CT molecular complexity index is 1860. The molecule has 3 aliphatic carbocycles. The van der Waals surface area contributed by atoms with Crippen LogP contribution in [0, 0.1) is 17.8 Å². The van der Waals surface area contributed by atoms with Crippen molar-refractivity contribution >= 4 is 34.8 Å². The van der Waals surface area contributed by atoms with Crippen LogP contribution in [0.1, 0.15) is 27.9 Å². The average molecular weight is 624 g/mol. The highest BCUT2D eigenvalue weighted by molar-refractivity contribution is 6.28. The summed E-state index contributed by atoms with van der Waals surface area (Å²) >= 11 is 0. The molecule has 46 heavy (non-hydrogen) atoms. The lowest BCUT2D eigenvalue weighted by Gasteiger charge is -2.46. The number of ether oxygens (including phenoxy) is 1. The summed E-state index contributed by atoms with van der Waals surface area (Å²) in [5.74, 6) is -5.88. The van der Waals surface area contributed by atoms with Crippen molar-refractivity contribution in [3.8, 4) is 22.6 Å². The number of phenols is 1. The zero-order chi connectivity index (χ0) is 33.0. The number of hydrogen-bond donors (Lipinski definition) is 5. The highest BCUT2D eigenvalue weighted by Crippen LogP contribution is 2.51. The van der Waals surface area contributed by atoms with Gasteiger partial charge in [-0.25, -0.2) is 0 Å². The molecule has 0 heterocycles. The van der Waals surface area contributed by atoms with Crippen molar-refractivity contribution in [2.24, 2.45) is 23.5 Å². The number of likely N-dealkylation sites (N-methyl/N-ethyl adjacent to an activating group) is 1. The molecular weight excluding hydrogens is 590 g/mol. The lowest BCUT2D eigenvalue weighted by molar-refractivity contribution is -0.136. The Morgan fingerprint density at radius 1 is 0.935 bits per heavy atom. The second kappa shape index (κ2) is 11.5. The second-order valence-corrected chi connectivity index (χ2v) is 12.0. The summed E-state index contributed by atoms with van der Waals surface area (Å²) in [7, 11) is 4.90. The smallest absolute Gasteiger partial charge is 0.255 e. The van der Waals surface area contributed by atoms with Gasteiger partial charge in [0, 0.05) is 16.8 Å². The Morgan fingerprint density at radius 2 is 1.61 bits per heavy atom. The number of nitrogens with zero attached hydrogens (tertiary/aromatic N) is 1. The molecule has 0 aromatic heterocycles. The first-order valence-corrected chi connectivity index (χ1v) is 14.7. The maximum Gasteiger partial charge on any atom is 0.255 e. The van der Waals surface area contributed by atoms with Crippen LogP contribution in [0.2, 0.25) is 0 Å². The Hall–Kier alpha value is -5.42. The number of aliphatic hydroxyl groups excluding tert-OH is 2. The van der Waals surface area contributed by atoms with Crippen LogP contribution < -0.4 is 15.8 Å². The number of ketones is 2. The molecule has 236 valence electrons. The van der Waals surface area contributed by atoms with E-state index in [0.29, 0.717) is 28.1 Å². The molecule has 1 saturated carbocycles. The summed E-state index contributed by atoms with van der Waals surface area (Å²) in [5, 5.41) is 36.2. The number of amides is 2. The van der Waals surface area contributed by atoms with Crippen LogP contribution in [0.4, 0.5) is 5.69 Å². The molecule has 3 aliphatic rings. The number of aromatic hydroxyl groups is 1. The maximum absolute atomic E-state index is 14.0. The topological polar surface area (TPSA) is 179 Å². The molecule has 6 N–H and O–H groups in total. The summed E-state index contributed by atoms with van der Waals surface area (Å²) in [6.45, 7) is 0. The van der Waals surface area contributed by atoms with Crippen LogP contribution in [0.25, 0.3) is 16.9 Å². The van der Waals surface area contributed by atoms with Crippen LogP contribution in [0.3, 0.4) is 0 Å². The fourth-order valence-electron chi connectivity index (χ4n) is 7.22. The third-order valence-corrected chi connectivity index (χ3v) is 9.25. The molecule has 0 spiro atoms. The molecule has 11 heteroatoms. The van der Waals surface area contributed by atoms with E-state index in [1.165, 1.54) is 6.07 Å². The van der Waals surface area contributed by atoms with Crippen LogP contribution in [-0.2, 0) is 20.8 Å². The third kappa shape index (κ3) is 4.89. The fourth-order valence-corrected chi connectivity index (χ4v) is 7.22. The Labute approximate surface area is 264 Å². The van der Waals surface area contributed by atoms with Gasteiger partial charge in [-0.1, -0.05) is 18.2 Å². The minimum absolute atomic E-state index is 0.0221. The summed E-state index contributed by atoms with van der Waals surface area (Å²) in [5.41, 5.74) is 8.07. The molecule has 0 saturated heterocycles. The van der Waals surface area contributed by atoms with E-state index in [9.17, 15) is 34.5 Å². The van der Waals surface area contributed by atoms with E-state index in [-0.39, 0.29) is 35.6 Å². The molecular formula is C35H33N3O8. The van der Waals surface area contributed by atoms with Gasteiger partial charge in [-0.2, -0.15) is 0 Å². The number of carbonyl (C=O) groups excluding carboxylic acids is 4. The van der Waals surface area contributed by atoms with Gasteiger partial charge in [0.1, 0.15) is 28.6 Å². The highest BCUT2D eigenvalue weighted by atomic mass is 16.5. The molecule has 0 radical (unpaired) electrons. The number of primary amides is 1. The Morgan fingerprint density at radius 3 is 2.22 bits per heavy atom. The van der Waals surface area contributed by atoms with Crippen molar-refractivity contribution < 1.29 is 39.2 Å². The van der Waals surface area contributed by atoms with Crippen molar-refractivity contribution in [2.45, 2.75) is 18.9 Å². The van der Waals surface area contributed by atoms with Crippen LogP contribution in [0.5, 0.6) is 11.5 Å². The quantitative estimate of drug-likeness (QED) is 0.202. The molecule has 4 atom stereocenters. The summed E-state index contributed by atoms with van der Waals surface area (Å²) < 4.78 is 5.14. The van der Waals surface area contributed by atoms with Crippen molar-refractivity contribution in [2.75, 3.05) is 26.5 Å². The SMILES string of the molecule is COc1ccc(C(=O)Nc2ccc(-c3ccc(O)c4c3CC3CC5C(C(=O)C(C(N)=O)=C(O)C5N(C)C)C(=O)C3=C4O)cc2)cc1. The number of hydrogen-bond acceptors (Lipinski definition) is 9. The van der Waals surface area contributed by atoms with Crippen molar-refractivity contribution in [1.29, 1.82) is 0 Å². The largest absolute Gasteiger partial charge is 0.510 e. The van der Waals surface area contributed by atoms with E-state index in [1.807, 2.05) is 12.1 Å². The van der Waals surface area contributed by atoms with E-state index >= 15 is 0 Å². The number of fused-ring (bicyclic) bond motifs is 3. The molecule has 11 nitrogen and oxygen atoms in total. The van der Waals surface area contributed by atoms with Crippen molar-refractivity contribution in [3.05, 3.63) is 94.3 Å². The van der Waals surface area contributed by atoms with Gasteiger partial charge in [-0.3, -0.25) is 24.1 Å². The predicted molar refractivity (Wildman–Crippen MR) is 169 cm³/mol. The van der Waals surface area contributed by atoms with Crippen LogP contribution in [-0.4, -0.2) is 70.8 Å². The molecule has 6 rings (SSSR count). The van der Waals surface area contributed by atoms with E-state index in [1.54, 1.807) is 68.6 Å². The molecule has 3 aromatic carbocycles. The van der Waals surface area contributed by atoms with E-state index < -0.39 is 58.4 Å². The lowest BCUT2D eigenvalue weighted by Crippen LogP contribution is -2.55. The number of carbonyl (C=O) groups is 4. The van der Waals surface area contributed by atoms with Gasteiger partial charge in [-0.05, 0) is 97.9 Å². The predicted octanol–water partition coefficient (Wildman–Crippen LogP) is 3.78. The number of Topliss-reactive ketones (excluding diaryl/α,β-unsaturated/α-hetero) is 2. The van der Waals surface area contributed by atoms with E-state index in [2.05, 4.69) is 5.32 Å². The lowest BCUT2D eigenvalue weighted by atomic mass is 9.59. The van der Waals surface area contributed by atoms with Gasteiger partial charge in [0.05, 0.1) is 24.6 Å². The molecule has 0 aliphatic heterocycles. The van der Waals surface area contributed by atoms with E-state index in [4.69, 9.17) is 10.5 Å². The number of phenolic OH excluding ortho intramolecular Hbond substituents is 1. The van der Waals surface area contributed by atoms with Gasteiger partial charge < -0.3 is 31.1 Å². The first-order valence-electron chi connectivity index (χ1n) is 14.7. The van der Waals surface area contributed by atoms with Crippen LogP contribution >= 0.6 is 0 Å². The average Bonchev–Trinajstić information content (AvgIpc) is 3.01. The minimum atomic E-state index is -1.31. The van der Waals surface area contributed by atoms with Crippen molar-refractivity contribution in [1.82, 2.24) is 4.90 Å². The zero-order valence-corrected chi connectivity index (χ0v) is 25.4. The summed E-state index contributed by atoms with van der Waals surface area (Å²) in [6.07, 6.45) is 0.524. The molecule has 0 bridgehead atoms. The first kappa shape index (κ1) is 30.6. The number of benzene rings is 3. The number of aliphatic hydroxyl groups is 2. The summed E-state index contributed by atoms with van der Waals surface area (Å²) in [6, 6.07) is 16.2. The van der Waals surface area contributed by atoms with Gasteiger partial charge in [0.25, 0.3) is 11.8 Å². The fraction of sp³-hybridized carbons (Fsp3) is 0.257.